The number of aromatic nitrogens is 2. The van der Waals surface area contributed by atoms with Gasteiger partial charge >= 0.3 is 0 Å². The topological polar surface area (TPSA) is 77.2 Å². The molecule has 0 radical (unpaired) electrons. The number of hydrogen-bond acceptors (Lipinski definition) is 5. The molecule has 2 aromatic carbocycles. The normalized spacial score (nSPS) is 10.7. The van der Waals surface area contributed by atoms with E-state index < -0.39 is 0 Å². The van der Waals surface area contributed by atoms with Crippen molar-refractivity contribution in [1.82, 2.24) is 10.3 Å². The molecule has 1 aromatic heterocycles. The zero-order chi connectivity index (χ0) is 19.9. The van der Waals surface area contributed by atoms with E-state index in [2.05, 4.69) is 47.7 Å². The molecule has 28 heavy (non-hydrogen) atoms. The third kappa shape index (κ3) is 4.39. The second-order valence-electron chi connectivity index (χ2n) is 6.49. The Morgan fingerprint density at radius 2 is 1.82 bits per heavy atom. The molecule has 1 amide bonds. The highest BCUT2D eigenvalue weighted by Gasteiger charge is 2.18. The van der Waals surface area contributed by atoms with Crippen LogP contribution in [0.1, 0.15) is 48.7 Å². The third-order valence-corrected chi connectivity index (χ3v) is 4.53. The van der Waals surface area contributed by atoms with Gasteiger partial charge in [0.2, 0.25) is 5.82 Å². The molecule has 3 aromatic rings. The summed E-state index contributed by atoms with van der Waals surface area (Å²) in [6.07, 6.45) is 2.69. The van der Waals surface area contributed by atoms with E-state index in [4.69, 9.17) is 9.37 Å². The maximum Gasteiger partial charge on any atom is 0.256 e. The summed E-state index contributed by atoms with van der Waals surface area (Å²) in [6.45, 7) is 6.88. The molecule has 0 aliphatic heterocycles. The van der Waals surface area contributed by atoms with E-state index in [1.54, 1.807) is 24.3 Å². The first-order valence-corrected chi connectivity index (χ1v) is 9.65. The standard InChI is InChI=1S/C22H25N3O3/c1-4-13-27-18-11-9-17(10-12-18)22(26)23-21-20(24-28-25-21)19-14-15(5-2)7-8-16(19)6-3/h7-12,14H,4-6,13H2,1-3H3,(H,23,25,26). The van der Waals surface area contributed by atoms with Crippen molar-refractivity contribution in [2.75, 3.05) is 11.9 Å². The van der Waals surface area contributed by atoms with Crippen LogP contribution >= 0.6 is 0 Å². The SMILES string of the molecule is CCCOc1ccc(C(=O)Nc2nonc2-c2cc(CC)ccc2CC)cc1. The Balaban J connectivity index is 1.82. The molecule has 146 valence electrons. The van der Waals surface area contributed by atoms with Gasteiger partial charge in [-0.1, -0.05) is 32.9 Å². The lowest BCUT2D eigenvalue weighted by molar-refractivity contribution is 0.102. The smallest absolute Gasteiger partial charge is 0.256 e. The predicted molar refractivity (Wildman–Crippen MR) is 109 cm³/mol. The van der Waals surface area contributed by atoms with Crippen molar-refractivity contribution < 1.29 is 14.2 Å². The highest BCUT2D eigenvalue weighted by Crippen LogP contribution is 2.30. The first kappa shape index (κ1) is 19.6. The quantitative estimate of drug-likeness (QED) is 0.602. The Hall–Kier alpha value is -3.15. The Morgan fingerprint density at radius 1 is 1.04 bits per heavy atom. The van der Waals surface area contributed by atoms with Crippen molar-refractivity contribution >= 4 is 11.7 Å². The number of carbonyl (C=O) groups is 1. The molecular weight excluding hydrogens is 354 g/mol. The molecule has 3 rings (SSSR count). The highest BCUT2D eigenvalue weighted by atomic mass is 16.6. The summed E-state index contributed by atoms with van der Waals surface area (Å²) in [7, 11) is 0. The lowest BCUT2D eigenvalue weighted by Gasteiger charge is -2.09. The molecule has 0 unspecified atom stereocenters. The van der Waals surface area contributed by atoms with Crippen LogP contribution < -0.4 is 10.1 Å². The van der Waals surface area contributed by atoms with Crippen LogP contribution in [0.3, 0.4) is 0 Å². The third-order valence-electron chi connectivity index (χ3n) is 4.53. The highest BCUT2D eigenvalue weighted by molar-refractivity contribution is 6.05. The zero-order valence-electron chi connectivity index (χ0n) is 16.5. The summed E-state index contributed by atoms with van der Waals surface area (Å²) in [5, 5.41) is 10.8. The molecule has 0 atom stereocenters. The first-order chi connectivity index (χ1) is 13.7. The van der Waals surface area contributed by atoms with Crippen LogP contribution in [0.4, 0.5) is 5.82 Å². The molecule has 1 heterocycles. The van der Waals surface area contributed by atoms with Crippen LogP contribution in [0.2, 0.25) is 0 Å². The minimum absolute atomic E-state index is 0.274. The Morgan fingerprint density at radius 3 is 2.50 bits per heavy atom. The van der Waals surface area contributed by atoms with Gasteiger partial charge in [-0.05, 0) is 71.0 Å². The number of benzene rings is 2. The van der Waals surface area contributed by atoms with Crippen LogP contribution in [0.5, 0.6) is 5.75 Å². The van der Waals surface area contributed by atoms with E-state index in [-0.39, 0.29) is 5.91 Å². The fraction of sp³-hybridized carbons (Fsp3) is 0.318. The summed E-state index contributed by atoms with van der Waals surface area (Å²) in [4.78, 5) is 12.6. The van der Waals surface area contributed by atoms with Crippen molar-refractivity contribution in [1.29, 1.82) is 0 Å². The van der Waals surface area contributed by atoms with E-state index in [9.17, 15) is 4.79 Å². The largest absolute Gasteiger partial charge is 0.494 e. The number of ether oxygens (including phenoxy) is 1. The van der Waals surface area contributed by atoms with Gasteiger partial charge in [0.25, 0.3) is 5.91 Å². The Kier molecular flexibility index (Phi) is 6.42. The molecule has 0 aliphatic carbocycles. The fourth-order valence-corrected chi connectivity index (χ4v) is 2.92. The molecule has 0 saturated heterocycles. The van der Waals surface area contributed by atoms with Crippen molar-refractivity contribution in [2.24, 2.45) is 0 Å². The average Bonchev–Trinajstić information content (AvgIpc) is 3.19. The van der Waals surface area contributed by atoms with Gasteiger partial charge in [0.1, 0.15) is 5.75 Å². The van der Waals surface area contributed by atoms with Gasteiger partial charge in [0.15, 0.2) is 5.69 Å². The number of nitrogens with zero attached hydrogens (tertiary/aromatic N) is 2. The first-order valence-electron chi connectivity index (χ1n) is 9.65. The van der Waals surface area contributed by atoms with Gasteiger partial charge in [0, 0.05) is 11.1 Å². The summed E-state index contributed by atoms with van der Waals surface area (Å²) in [5.74, 6) is 0.786. The number of hydrogen-bond donors (Lipinski definition) is 1. The maximum absolute atomic E-state index is 12.6. The number of aryl methyl sites for hydroxylation is 2. The second-order valence-corrected chi connectivity index (χ2v) is 6.49. The Bertz CT molecular complexity index is 932. The molecule has 1 N–H and O–H groups in total. The summed E-state index contributed by atoms with van der Waals surface area (Å²) < 4.78 is 10.5. The summed E-state index contributed by atoms with van der Waals surface area (Å²) in [5.41, 5.74) is 4.30. The lowest BCUT2D eigenvalue weighted by atomic mass is 9.98. The molecule has 0 fully saturated rings. The minimum atomic E-state index is -0.274. The van der Waals surface area contributed by atoms with Crippen LogP contribution in [-0.4, -0.2) is 22.8 Å². The van der Waals surface area contributed by atoms with Gasteiger partial charge in [-0.15, -0.1) is 0 Å². The maximum atomic E-state index is 12.6. The van der Waals surface area contributed by atoms with Crippen molar-refractivity contribution in [2.45, 2.75) is 40.0 Å². The van der Waals surface area contributed by atoms with Crippen LogP contribution in [-0.2, 0) is 12.8 Å². The number of rotatable bonds is 8. The van der Waals surface area contributed by atoms with Gasteiger partial charge in [-0.25, -0.2) is 4.63 Å². The van der Waals surface area contributed by atoms with E-state index in [1.807, 2.05) is 6.92 Å². The summed E-state index contributed by atoms with van der Waals surface area (Å²) >= 11 is 0. The van der Waals surface area contributed by atoms with E-state index in [1.165, 1.54) is 5.56 Å². The summed E-state index contributed by atoms with van der Waals surface area (Å²) in [6, 6.07) is 13.3. The van der Waals surface area contributed by atoms with Crippen LogP contribution in [0.15, 0.2) is 47.1 Å². The van der Waals surface area contributed by atoms with Gasteiger partial charge in [0.05, 0.1) is 6.61 Å². The van der Waals surface area contributed by atoms with Crippen LogP contribution in [0, 0.1) is 0 Å². The monoisotopic (exact) mass is 379 g/mol. The number of nitrogens with one attached hydrogen (secondary N) is 1. The van der Waals surface area contributed by atoms with E-state index in [0.29, 0.717) is 23.7 Å². The lowest BCUT2D eigenvalue weighted by Crippen LogP contribution is -2.13. The Labute approximate surface area is 164 Å². The zero-order valence-corrected chi connectivity index (χ0v) is 16.5. The molecule has 6 heteroatoms. The van der Waals surface area contributed by atoms with Gasteiger partial charge < -0.3 is 10.1 Å². The fourth-order valence-electron chi connectivity index (χ4n) is 2.92. The molecule has 0 bridgehead atoms. The molecule has 0 saturated carbocycles. The van der Waals surface area contributed by atoms with Gasteiger partial charge in [-0.2, -0.15) is 0 Å². The second kappa shape index (κ2) is 9.17. The number of carbonyl (C=O) groups excluding carboxylic acids is 1. The molecule has 0 aliphatic rings. The predicted octanol–water partition coefficient (Wildman–Crippen LogP) is 4.90. The number of anilines is 1. The van der Waals surface area contributed by atoms with Crippen molar-refractivity contribution in [3.63, 3.8) is 0 Å². The molecule has 6 nitrogen and oxygen atoms in total. The van der Waals surface area contributed by atoms with Crippen molar-refractivity contribution in [3.05, 3.63) is 59.2 Å². The molecular formula is C22H25N3O3. The minimum Gasteiger partial charge on any atom is -0.494 e. The van der Waals surface area contributed by atoms with E-state index in [0.717, 1.165) is 36.1 Å². The van der Waals surface area contributed by atoms with Crippen LogP contribution in [0.25, 0.3) is 11.3 Å². The molecule has 0 spiro atoms. The van der Waals surface area contributed by atoms with E-state index >= 15 is 0 Å². The van der Waals surface area contributed by atoms with Crippen molar-refractivity contribution in [3.8, 4) is 17.0 Å². The average molecular weight is 379 g/mol. The number of amides is 1. The van der Waals surface area contributed by atoms with Gasteiger partial charge in [-0.3, -0.25) is 4.79 Å².